The van der Waals surface area contributed by atoms with Gasteiger partial charge in [-0.05, 0) is 35.7 Å². The van der Waals surface area contributed by atoms with Gasteiger partial charge in [0.25, 0.3) is 5.91 Å². The number of hydrogen-bond donors (Lipinski definition) is 0. The van der Waals surface area contributed by atoms with Crippen LogP contribution in [0.3, 0.4) is 0 Å². The molecule has 2 heterocycles. The Morgan fingerprint density at radius 3 is 2.91 bits per heavy atom. The number of benzene rings is 2. The van der Waals surface area contributed by atoms with Crippen LogP contribution in [0.15, 0.2) is 48.5 Å². The maximum Gasteiger partial charge on any atom is 0.258 e. The van der Waals surface area contributed by atoms with Crippen molar-refractivity contribution in [2.75, 3.05) is 11.4 Å². The predicted octanol–water partition coefficient (Wildman–Crippen LogP) is 1.70. The lowest BCUT2D eigenvalue weighted by Gasteiger charge is -2.17. The summed E-state index contributed by atoms with van der Waals surface area (Å²) in [5, 5.41) is 14.6. The van der Waals surface area contributed by atoms with Crippen molar-refractivity contribution >= 4 is 11.6 Å². The van der Waals surface area contributed by atoms with Crippen LogP contribution < -0.4 is 10.00 Å². The first kappa shape index (κ1) is 12.7. The van der Waals surface area contributed by atoms with E-state index in [0.29, 0.717) is 17.9 Å². The second-order valence-corrected chi connectivity index (χ2v) is 5.12. The summed E-state index contributed by atoms with van der Waals surface area (Å²) < 4.78 is 0. The average molecular weight is 290 g/mol. The second kappa shape index (κ2) is 5.07. The zero-order valence-electron chi connectivity index (χ0n) is 11.7. The van der Waals surface area contributed by atoms with E-state index in [1.54, 1.807) is 12.1 Å². The lowest BCUT2D eigenvalue weighted by Crippen LogP contribution is -2.28. The van der Waals surface area contributed by atoms with Crippen molar-refractivity contribution in [3.63, 3.8) is 0 Å². The molecule has 2 aromatic carbocycles. The molecule has 4 rings (SSSR count). The fourth-order valence-corrected chi connectivity index (χ4v) is 2.76. The van der Waals surface area contributed by atoms with E-state index < -0.39 is 0 Å². The van der Waals surface area contributed by atoms with E-state index in [0.717, 1.165) is 17.7 Å². The number of carbonyl (C=O) groups is 1. The molecule has 0 saturated carbocycles. The third-order valence-corrected chi connectivity index (χ3v) is 3.82. The zero-order valence-corrected chi connectivity index (χ0v) is 11.7. The molecule has 1 aliphatic heterocycles. The molecule has 0 fully saturated rings. The first-order chi connectivity index (χ1) is 10.8. The van der Waals surface area contributed by atoms with Gasteiger partial charge >= 0.3 is 0 Å². The molecule has 1 aliphatic rings. The Bertz CT molecular complexity index is 828. The van der Waals surface area contributed by atoms with Gasteiger partial charge in [0.1, 0.15) is 0 Å². The van der Waals surface area contributed by atoms with Crippen LogP contribution in [0.4, 0.5) is 5.69 Å². The summed E-state index contributed by atoms with van der Waals surface area (Å²) in [7, 11) is 0. The molecule has 108 valence electrons. The highest BCUT2D eigenvalue weighted by atomic mass is 16.2. The Balaban J connectivity index is 1.68. The maximum absolute atomic E-state index is 12.8. The van der Waals surface area contributed by atoms with E-state index >= 15 is 0 Å². The molecular weight excluding hydrogens is 278 g/mol. The van der Waals surface area contributed by atoms with Crippen LogP contribution in [0.2, 0.25) is 0 Å². The van der Waals surface area contributed by atoms with Gasteiger partial charge in [0.15, 0.2) is 0 Å². The van der Waals surface area contributed by atoms with E-state index in [9.17, 15) is 4.79 Å². The van der Waals surface area contributed by atoms with Crippen molar-refractivity contribution in [3.05, 3.63) is 59.7 Å². The number of nitrogens with zero attached hydrogens (tertiary/aromatic N) is 5. The van der Waals surface area contributed by atoms with Crippen LogP contribution in [0.1, 0.15) is 15.9 Å². The Labute approximate surface area is 126 Å². The quantitative estimate of drug-likeness (QED) is 0.718. The molecule has 0 bridgehead atoms. The molecule has 1 amide bonds. The van der Waals surface area contributed by atoms with Gasteiger partial charge < -0.3 is 10.00 Å². The van der Waals surface area contributed by atoms with Crippen LogP contribution in [-0.4, -0.2) is 28.0 Å². The van der Waals surface area contributed by atoms with E-state index in [4.69, 9.17) is 0 Å². The molecule has 0 spiro atoms. The summed E-state index contributed by atoms with van der Waals surface area (Å²) in [6, 6.07) is 15.2. The van der Waals surface area contributed by atoms with E-state index in [1.165, 1.54) is 5.56 Å². The minimum absolute atomic E-state index is 0.0146. The molecule has 0 unspecified atom stereocenters. The van der Waals surface area contributed by atoms with Crippen molar-refractivity contribution in [1.29, 1.82) is 0 Å². The highest BCUT2D eigenvalue weighted by Crippen LogP contribution is 2.29. The molecule has 1 aromatic heterocycles. The Morgan fingerprint density at radius 1 is 1.14 bits per heavy atom. The molecule has 0 atom stereocenters. The van der Waals surface area contributed by atoms with E-state index in [2.05, 4.69) is 26.7 Å². The minimum atomic E-state index is -0.0146. The van der Waals surface area contributed by atoms with Crippen LogP contribution in [0.25, 0.3) is 11.4 Å². The highest BCUT2D eigenvalue weighted by Gasteiger charge is 2.25. The number of aromatic nitrogens is 4. The molecule has 0 aliphatic carbocycles. The van der Waals surface area contributed by atoms with Crippen LogP contribution in [0.5, 0.6) is 0 Å². The number of carbonyl (C=O) groups excluding carboxylic acids is 1. The summed E-state index contributed by atoms with van der Waals surface area (Å²) in [4.78, 5) is 14.6. The van der Waals surface area contributed by atoms with Crippen molar-refractivity contribution in [2.45, 2.75) is 6.42 Å². The predicted molar refractivity (Wildman–Crippen MR) is 80.4 cm³/mol. The largest absolute Gasteiger partial charge is 0.330 e. The van der Waals surface area contributed by atoms with Gasteiger partial charge in [0.2, 0.25) is 0 Å². The number of tetrazole rings is 1. The number of rotatable bonds is 2. The first-order valence-corrected chi connectivity index (χ1v) is 7.02. The number of anilines is 1. The second-order valence-electron chi connectivity index (χ2n) is 5.12. The van der Waals surface area contributed by atoms with E-state index in [-0.39, 0.29) is 5.91 Å². The van der Waals surface area contributed by atoms with Crippen molar-refractivity contribution < 1.29 is 4.79 Å². The molecule has 0 saturated heterocycles. The Morgan fingerprint density at radius 2 is 2.05 bits per heavy atom. The number of para-hydroxylation sites is 1. The van der Waals surface area contributed by atoms with Gasteiger partial charge in [-0.3, -0.25) is 15.1 Å². The molecule has 3 aromatic rings. The normalized spacial score (nSPS) is 13.2. The van der Waals surface area contributed by atoms with Gasteiger partial charge in [0, 0.05) is 23.6 Å². The van der Waals surface area contributed by atoms with Gasteiger partial charge in [-0.2, -0.15) is 5.21 Å². The lowest BCUT2D eigenvalue weighted by atomic mass is 10.1. The third kappa shape index (κ3) is 2.05. The Hall–Kier alpha value is -3.02. The molecule has 6 nitrogen and oxygen atoms in total. The minimum Gasteiger partial charge on any atom is -0.330 e. The molecular formula is C16H12N5O-. The third-order valence-electron chi connectivity index (χ3n) is 3.82. The van der Waals surface area contributed by atoms with Gasteiger partial charge in [-0.25, -0.2) is 0 Å². The SMILES string of the molecule is O=C(c1cccc(-c2nnn[n-]2)c1)N1CCc2ccccc21. The van der Waals surface area contributed by atoms with Crippen LogP contribution in [0, 0.1) is 0 Å². The van der Waals surface area contributed by atoms with Gasteiger partial charge in [0.05, 0.1) is 0 Å². The lowest BCUT2D eigenvalue weighted by molar-refractivity contribution is 0.0989. The molecule has 0 N–H and O–H groups in total. The smallest absolute Gasteiger partial charge is 0.258 e. The summed E-state index contributed by atoms with van der Waals surface area (Å²) in [6.07, 6.45) is 0.890. The average Bonchev–Trinajstić information content (AvgIpc) is 3.24. The summed E-state index contributed by atoms with van der Waals surface area (Å²) in [5.74, 6) is 0.413. The fraction of sp³-hybridized carbons (Fsp3) is 0.125. The van der Waals surface area contributed by atoms with E-state index in [1.807, 2.05) is 35.2 Å². The van der Waals surface area contributed by atoms with Crippen LogP contribution >= 0.6 is 0 Å². The number of hydrogen-bond acceptors (Lipinski definition) is 4. The summed E-state index contributed by atoms with van der Waals surface area (Å²) in [5.41, 5.74) is 3.55. The zero-order chi connectivity index (χ0) is 14.9. The molecule has 6 heteroatoms. The molecule has 0 radical (unpaired) electrons. The summed E-state index contributed by atoms with van der Waals surface area (Å²) in [6.45, 7) is 0.707. The number of fused-ring (bicyclic) bond motifs is 1. The van der Waals surface area contributed by atoms with Gasteiger partial charge in [-0.15, -0.1) is 0 Å². The summed E-state index contributed by atoms with van der Waals surface area (Å²) >= 11 is 0. The van der Waals surface area contributed by atoms with Crippen molar-refractivity contribution in [3.8, 4) is 11.4 Å². The first-order valence-electron chi connectivity index (χ1n) is 7.02. The van der Waals surface area contributed by atoms with Crippen LogP contribution in [-0.2, 0) is 6.42 Å². The highest BCUT2D eigenvalue weighted by molar-refractivity contribution is 6.07. The standard InChI is InChI=1S/C16H12N5O/c22-16(21-9-8-11-4-1-2-7-14(11)21)13-6-3-5-12(10-13)15-17-19-20-18-15/h1-7,10H,8-9H2/q-1. The monoisotopic (exact) mass is 290 g/mol. The van der Waals surface area contributed by atoms with Crippen molar-refractivity contribution in [2.24, 2.45) is 0 Å². The van der Waals surface area contributed by atoms with Gasteiger partial charge in [-0.1, -0.05) is 30.3 Å². The molecule has 22 heavy (non-hydrogen) atoms. The Kier molecular flexibility index (Phi) is 2.93. The number of amides is 1. The topological polar surface area (TPSA) is 73.1 Å². The fourth-order valence-electron chi connectivity index (χ4n) is 2.76. The maximum atomic E-state index is 12.8. The van der Waals surface area contributed by atoms with Crippen molar-refractivity contribution in [1.82, 2.24) is 20.6 Å².